The second kappa shape index (κ2) is 7.70. The predicted molar refractivity (Wildman–Crippen MR) is 77.5 cm³/mol. The molecule has 7 nitrogen and oxygen atoms in total. The van der Waals surface area contributed by atoms with E-state index < -0.39 is 11.9 Å². The molecule has 1 aliphatic heterocycles. The number of carbonyl (C=O) groups excluding carboxylic acids is 1. The quantitative estimate of drug-likeness (QED) is 0.629. The van der Waals surface area contributed by atoms with Crippen molar-refractivity contribution >= 4 is 11.9 Å². The van der Waals surface area contributed by atoms with Crippen molar-refractivity contribution in [2.45, 2.75) is 6.42 Å². The number of amides is 1. The zero-order valence-corrected chi connectivity index (χ0v) is 11.8. The van der Waals surface area contributed by atoms with Gasteiger partial charge >= 0.3 is 5.97 Å². The topological polar surface area (TPSA) is 94.6 Å². The van der Waals surface area contributed by atoms with Gasteiger partial charge in [-0.05, 0) is 25.1 Å². The van der Waals surface area contributed by atoms with Crippen LogP contribution in [0.3, 0.4) is 0 Å². The normalized spacial score (nSPS) is 15.6. The molecule has 0 aliphatic carbocycles. The van der Waals surface area contributed by atoms with E-state index >= 15 is 0 Å². The van der Waals surface area contributed by atoms with Crippen LogP contribution in [0.25, 0.3) is 0 Å². The molecular formula is C14H20N4O3. The minimum atomic E-state index is -1.14. The number of piperazine rings is 1. The third-order valence-corrected chi connectivity index (χ3v) is 3.40. The van der Waals surface area contributed by atoms with E-state index in [0.29, 0.717) is 6.54 Å². The van der Waals surface area contributed by atoms with Crippen LogP contribution in [0.5, 0.6) is 0 Å². The minimum absolute atomic E-state index is 0.0350. The summed E-state index contributed by atoms with van der Waals surface area (Å²) in [7, 11) is 0. The summed E-state index contributed by atoms with van der Waals surface area (Å²) < 4.78 is 0. The summed E-state index contributed by atoms with van der Waals surface area (Å²) in [5, 5.41) is 15.0. The lowest BCUT2D eigenvalue weighted by Gasteiger charge is -2.27. The van der Waals surface area contributed by atoms with Crippen LogP contribution in [0.1, 0.15) is 27.3 Å². The van der Waals surface area contributed by atoms with Gasteiger partial charge in [-0.15, -0.1) is 0 Å². The van der Waals surface area contributed by atoms with E-state index in [0.717, 1.165) is 39.1 Å². The number of carbonyl (C=O) groups is 2. The largest absolute Gasteiger partial charge is 0.478 e. The molecule has 1 aliphatic rings. The molecular weight excluding hydrogens is 272 g/mol. The molecule has 1 aromatic rings. The number of rotatable bonds is 6. The lowest BCUT2D eigenvalue weighted by atomic mass is 10.2. The number of aromatic carboxylic acids is 1. The molecule has 21 heavy (non-hydrogen) atoms. The molecule has 0 atom stereocenters. The number of nitrogens with one attached hydrogen (secondary N) is 2. The van der Waals surface area contributed by atoms with Crippen molar-refractivity contribution < 1.29 is 14.7 Å². The molecule has 114 valence electrons. The summed E-state index contributed by atoms with van der Waals surface area (Å²) in [5.74, 6) is -1.58. The molecule has 3 N–H and O–H groups in total. The second-order valence-electron chi connectivity index (χ2n) is 4.91. The van der Waals surface area contributed by atoms with E-state index in [1.54, 1.807) is 0 Å². The van der Waals surface area contributed by atoms with E-state index in [1.165, 1.54) is 18.3 Å². The Kier molecular flexibility index (Phi) is 5.65. The Balaban J connectivity index is 1.78. The van der Waals surface area contributed by atoms with E-state index in [4.69, 9.17) is 5.11 Å². The molecule has 0 bridgehead atoms. The summed E-state index contributed by atoms with van der Waals surface area (Å²) in [6.07, 6.45) is 2.25. The van der Waals surface area contributed by atoms with Crippen LogP contribution in [0.4, 0.5) is 0 Å². The highest BCUT2D eigenvalue weighted by atomic mass is 16.4. The van der Waals surface area contributed by atoms with Crippen molar-refractivity contribution in [3.63, 3.8) is 0 Å². The predicted octanol–water partition coefficient (Wildman–Crippen LogP) is -0.195. The Hall–Kier alpha value is -1.99. The monoisotopic (exact) mass is 292 g/mol. The third-order valence-electron chi connectivity index (χ3n) is 3.40. The van der Waals surface area contributed by atoms with Gasteiger partial charge in [0.1, 0.15) is 5.69 Å². The smallest absolute Gasteiger partial charge is 0.338 e. The molecule has 1 aromatic heterocycles. The maximum absolute atomic E-state index is 12.0. The Morgan fingerprint density at radius 2 is 2.14 bits per heavy atom. The van der Waals surface area contributed by atoms with Crippen molar-refractivity contribution in [2.24, 2.45) is 0 Å². The molecule has 1 saturated heterocycles. The maximum atomic E-state index is 12.0. The zero-order valence-electron chi connectivity index (χ0n) is 11.8. The number of hydrogen-bond donors (Lipinski definition) is 3. The zero-order chi connectivity index (χ0) is 15.1. The fourth-order valence-corrected chi connectivity index (χ4v) is 2.28. The molecule has 1 fully saturated rings. The first kappa shape index (κ1) is 15.4. The van der Waals surface area contributed by atoms with Crippen LogP contribution in [0, 0.1) is 0 Å². The first-order chi connectivity index (χ1) is 10.2. The van der Waals surface area contributed by atoms with Gasteiger partial charge in [0.25, 0.3) is 5.91 Å². The van der Waals surface area contributed by atoms with Crippen LogP contribution >= 0.6 is 0 Å². The summed E-state index contributed by atoms with van der Waals surface area (Å²) >= 11 is 0. The van der Waals surface area contributed by atoms with Gasteiger partial charge in [0, 0.05) is 38.9 Å². The number of pyridine rings is 1. The first-order valence-electron chi connectivity index (χ1n) is 7.08. The average molecular weight is 292 g/mol. The summed E-state index contributed by atoms with van der Waals surface area (Å²) in [6, 6.07) is 2.88. The molecule has 0 radical (unpaired) electrons. The number of nitrogens with zero attached hydrogens (tertiary/aromatic N) is 2. The van der Waals surface area contributed by atoms with Gasteiger partial charge in [-0.25, -0.2) is 4.79 Å². The van der Waals surface area contributed by atoms with Crippen LogP contribution in [0.15, 0.2) is 18.3 Å². The highest BCUT2D eigenvalue weighted by molar-refractivity contribution is 6.03. The van der Waals surface area contributed by atoms with Crippen LogP contribution in [0.2, 0.25) is 0 Å². The van der Waals surface area contributed by atoms with Crippen molar-refractivity contribution in [1.29, 1.82) is 0 Å². The minimum Gasteiger partial charge on any atom is -0.478 e. The molecule has 0 saturated carbocycles. The lowest BCUT2D eigenvalue weighted by Crippen LogP contribution is -2.44. The van der Waals surface area contributed by atoms with Gasteiger partial charge in [0.15, 0.2) is 0 Å². The van der Waals surface area contributed by atoms with Gasteiger partial charge in [0.05, 0.1) is 5.56 Å². The fraction of sp³-hybridized carbons (Fsp3) is 0.500. The number of carboxylic acid groups (broad SMARTS) is 1. The Morgan fingerprint density at radius 1 is 1.38 bits per heavy atom. The van der Waals surface area contributed by atoms with E-state index in [1.807, 2.05) is 0 Å². The molecule has 0 unspecified atom stereocenters. The molecule has 7 heteroatoms. The molecule has 2 rings (SSSR count). The van der Waals surface area contributed by atoms with Crippen molar-refractivity contribution in [1.82, 2.24) is 20.5 Å². The van der Waals surface area contributed by atoms with Crippen LogP contribution in [-0.4, -0.2) is 66.1 Å². The molecule has 1 amide bonds. The Morgan fingerprint density at radius 3 is 2.86 bits per heavy atom. The Bertz CT molecular complexity index is 501. The highest BCUT2D eigenvalue weighted by Crippen LogP contribution is 2.05. The van der Waals surface area contributed by atoms with Crippen molar-refractivity contribution in [2.75, 3.05) is 39.3 Å². The number of aromatic nitrogens is 1. The maximum Gasteiger partial charge on any atom is 0.338 e. The van der Waals surface area contributed by atoms with Gasteiger partial charge in [-0.1, -0.05) is 0 Å². The highest BCUT2D eigenvalue weighted by Gasteiger charge is 2.17. The van der Waals surface area contributed by atoms with Crippen molar-refractivity contribution in [3.05, 3.63) is 29.6 Å². The van der Waals surface area contributed by atoms with E-state index in [2.05, 4.69) is 20.5 Å². The fourth-order valence-electron chi connectivity index (χ4n) is 2.28. The van der Waals surface area contributed by atoms with Crippen LogP contribution in [-0.2, 0) is 0 Å². The summed E-state index contributed by atoms with van der Waals surface area (Å²) in [6.45, 7) is 5.49. The van der Waals surface area contributed by atoms with Crippen LogP contribution < -0.4 is 10.6 Å². The number of carboxylic acids is 1. The van der Waals surface area contributed by atoms with E-state index in [-0.39, 0.29) is 11.3 Å². The molecule has 0 aromatic carbocycles. The SMILES string of the molecule is O=C(O)c1cccnc1C(=O)NCCCN1CCNCC1. The van der Waals surface area contributed by atoms with Gasteiger partial charge < -0.3 is 20.6 Å². The van der Waals surface area contributed by atoms with Crippen molar-refractivity contribution in [3.8, 4) is 0 Å². The summed E-state index contributed by atoms with van der Waals surface area (Å²) in [5.41, 5.74) is -0.107. The molecule has 2 heterocycles. The molecule has 0 spiro atoms. The standard InChI is InChI=1S/C14H20N4O3/c19-13(12-11(14(20)21)3-1-4-16-12)17-5-2-8-18-9-6-15-7-10-18/h1,3-4,15H,2,5-10H2,(H,17,19)(H,20,21). The Labute approximate surface area is 123 Å². The van der Waals surface area contributed by atoms with Gasteiger partial charge in [-0.2, -0.15) is 0 Å². The first-order valence-corrected chi connectivity index (χ1v) is 7.08. The number of hydrogen-bond acceptors (Lipinski definition) is 5. The third kappa shape index (κ3) is 4.51. The van der Waals surface area contributed by atoms with E-state index in [9.17, 15) is 9.59 Å². The average Bonchev–Trinajstić information content (AvgIpc) is 2.52. The van der Waals surface area contributed by atoms with Gasteiger partial charge in [-0.3, -0.25) is 9.78 Å². The lowest BCUT2D eigenvalue weighted by molar-refractivity contribution is 0.0690. The van der Waals surface area contributed by atoms with Gasteiger partial charge in [0.2, 0.25) is 0 Å². The second-order valence-corrected chi connectivity index (χ2v) is 4.91. The summed E-state index contributed by atoms with van der Waals surface area (Å²) in [4.78, 5) is 29.2.